The molecule has 51 heavy (non-hydrogen) atoms. The highest BCUT2D eigenvalue weighted by Crippen LogP contribution is 2.18. The largest absolute Gasteiger partial charge is 0.508 e. The van der Waals surface area contributed by atoms with Gasteiger partial charge in [-0.25, -0.2) is 4.79 Å². The van der Waals surface area contributed by atoms with E-state index >= 15 is 0 Å². The first-order valence-electron chi connectivity index (χ1n) is 17.9. The Morgan fingerprint density at radius 1 is 0.765 bits per heavy atom. The van der Waals surface area contributed by atoms with Crippen LogP contribution in [0.1, 0.15) is 92.1 Å². The second-order valence-electron chi connectivity index (χ2n) is 13.8. The quantitative estimate of drug-likeness (QED) is 0.111. The van der Waals surface area contributed by atoms with Gasteiger partial charge in [0.25, 0.3) is 0 Å². The number of carbonyl (C=O) groups is 6. The lowest BCUT2D eigenvalue weighted by Gasteiger charge is -2.29. The summed E-state index contributed by atoms with van der Waals surface area (Å²) in [6.07, 6.45) is 0.590. The van der Waals surface area contributed by atoms with E-state index in [-0.39, 0.29) is 30.9 Å². The van der Waals surface area contributed by atoms with E-state index in [0.29, 0.717) is 24.8 Å². The number of aliphatic hydroxyl groups excluding tert-OH is 2. The Labute approximate surface area is 300 Å². The summed E-state index contributed by atoms with van der Waals surface area (Å²) >= 11 is 0. The molecule has 0 bridgehead atoms. The Balaban J connectivity index is 2.63. The van der Waals surface area contributed by atoms with Gasteiger partial charge in [0.1, 0.15) is 42.1 Å². The van der Waals surface area contributed by atoms with Crippen LogP contribution in [0.2, 0.25) is 0 Å². The van der Waals surface area contributed by atoms with Crippen molar-refractivity contribution in [2.75, 3.05) is 6.61 Å². The van der Waals surface area contributed by atoms with E-state index in [1.807, 2.05) is 27.7 Å². The fraction of sp³-hybridized carbons (Fsp3) is 0.667. The molecule has 8 unspecified atom stereocenters. The minimum Gasteiger partial charge on any atom is -0.508 e. The fourth-order valence-corrected chi connectivity index (χ4v) is 5.61. The summed E-state index contributed by atoms with van der Waals surface area (Å²) in [5.74, 6) is -5.33. The highest BCUT2D eigenvalue weighted by Gasteiger charge is 2.36. The number of ether oxygens (including phenoxy) is 1. The molecule has 1 aromatic rings. The van der Waals surface area contributed by atoms with E-state index in [1.54, 1.807) is 19.1 Å². The molecule has 0 aromatic heterocycles. The molecule has 0 spiro atoms. The highest BCUT2D eigenvalue weighted by molar-refractivity contribution is 5.96. The number of aliphatic hydroxyl groups is 2. The van der Waals surface area contributed by atoms with Crippen molar-refractivity contribution in [1.29, 1.82) is 0 Å². The molecule has 0 radical (unpaired) electrons. The number of nitrogens with one attached hydrogen (secondary N) is 5. The summed E-state index contributed by atoms with van der Waals surface area (Å²) in [6.45, 7) is 9.63. The lowest BCUT2D eigenvalue weighted by Crippen LogP contribution is -2.62. The van der Waals surface area contributed by atoms with Gasteiger partial charge in [-0.1, -0.05) is 66.0 Å². The minimum absolute atomic E-state index is 0.0209. The van der Waals surface area contributed by atoms with Crippen LogP contribution in [0, 0.1) is 11.8 Å². The topological polar surface area (TPSA) is 232 Å². The number of benzene rings is 1. The molecule has 0 aliphatic carbocycles. The van der Waals surface area contributed by atoms with Gasteiger partial charge in [-0.15, -0.1) is 0 Å². The van der Waals surface area contributed by atoms with E-state index in [0.717, 1.165) is 12.8 Å². The van der Waals surface area contributed by atoms with E-state index in [4.69, 9.17) is 4.74 Å². The molecule has 1 aromatic carbocycles. The Hall–Kier alpha value is -4.24. The molecule has 15 nitrogen and oxygen atoms in total. The van der Waals surface area contributed by atoms with Crippen LogP contribution in [0.25, 0.3) is 0 Å². The van der Waals surface area contributed by atoms with E-state index < -0.39 is 90.4 Å². The third kappa shape index (κ3) is 14.1. The zero-order chi connectivity index (χ0) is 38.2. The van der Waals surface area contributed by atoms with Gasteiger partial charge >= 0.3 is 5.97 Å². The SMILES string of the molecule is CCCCCC1CC(=O)NC(CC(C)C)C(=O)NC(CO)C(=O)NC(C(C)O)C(=O)NC(Cc2ccc(O)cc2)C(=O)NC(C(C)CC)C(=O)O1. The molecule has 5 amide bonds. The molecule has 1 aliphatic rings. The lowest BCUT2D eigenvalue weighted by atomic mass is 9.97. The number of aromatic hydroxyl groups is 1. The number of esters is 1. The van der Waals surface area contributed by atoms with Crippen molar-refractivity contribution < 1.29 is 48.8 Å². The van der Waals surface area contributed by atoms with Crippen molar-refractivity contribution in [2.45, 2.75) is 135 Å². The number of carbonyl (C=O) groups excluding carboxylic acids is 6. The zero-order valence-electron chi connectivity index (χ0n) is 30.6. The summed E-state index contributed by atoms with van der Waals surface area (Å²) < 4.78 is 5.89. The summed E-state index contributed by atoms with van der Waals surface area (Å²) in [7, 11) is 0. The first-order valence-corrected chi connectivity index (χ1v) is 17.9. The van der Waals surface area contributed by atoms with Gasteiger partial charge in [0, 0.05) is 6.42 Å². The predicted octanol–water partition coefficient (Wildman–Crippen LogP) is 0.720. The number of cyclic esters (lactones) is 1. The predicted molar refractivity (Wildman–Crippen MR) is 188 cm³/mol. The van der Waals surface area contributed by atoms with Gasteiger partial charge in [0.2, 0.25) is 29.5 Å². The van der Waals surface area contributed by atoms with Gasteiger partial charge in [-0.3, -0.25) is 24.0 Å². The van der Waals surface area contributed by atoms with Crippen molar-refractivity contribution in [3.8, 4) is 5.75 Å². The van der Waals surface area contributed by atoms with E-state index in [2.05, 4.69) is 26.6 Å². The van der Waals surface area contributed by atoms with Gasteiger partial charge < -0.3 is 46.6 Å². The number of unbranched alkanes of at least 4 members (excludes halogenated alkanes) is 2. The third-order valence-corrected chi connectivity index (χ3v) is 8.84. The number of amides is 5. The Kier molecular flexibility index (Phi) is 17.8. The van der Waals surface area contributed by atoms with Gasteiger partial charge in [-0.2, -0.15) is 0 Å². The van der Waals surface area contributed by atoms with Gasteiger partial charge in [-0.05, 0) is 55.7 Å². The van der Waals surface area contributed by atoms with E-state index in [1.165, 1.54) is 19.1 Å². The molecule has 1 aliphatic heterocycles. The standard InChI is InChI=1S/C36H57N5O10/c1-7-9-10-11-25-18-29(45)37-26(16-20(3)4)32(46)39-28(19-42)34(48)41-31(22(6)43)35(49)38-27(17-23-12-14-24(44)15-13-23)33(47)40-30(21(5)8-2)36(50)51-25/h12-15,20-22,25-28,30-31,42-44H,7-11,16-19H2,1-6H3,(H,37,45)(H,38,49)(H,39,46)(H,40,47)(H,41,48). The van der Waals surface area contributed by atoms with E-state index in [9.17, 15) is 44.1 Å². The Bertz CT molecular complexity index is 1320. The van der Waals surface area contributed by atoms with Crippen LogP contribution < -0.4 is 26.6 Å². The molecular formula is C36H57N5O10. The number of phenols is 1. The average Bonchev–Trinajstić information content (AvgIpc) is 3.07. The average molecular weight is 720 g/mol. The van der Waals surface area contributed by atoms with Crippen LogP contribution in [0.4, 0.5) is 0 Å². The summed E-state index contributed by atoms with van der Waals surface area (Å²) in [4.78, 5) is 81.4. The first-order chi connectivity index (χ1) is 24.1. The second-order valence-corrected chi connectivity index (χ2v) is 13.8. The van der Waals surface area contributed by atoms with Crippen molar-refractivity contribution >= 4 is 35.5 Å². The molecule has 2 rings (SSSR count). The van der Waals surface area contributed by atoms with Crippen LogP contribution in [-0.4, -0.2) is 99.8 Å². The molecule has 8 N–H and O–H groups in total. The summed E-state index contributed by atoms with van der Waals surface area (Å²) in [6, 6.07) is -0.912. The Morgan fingerprint density at radius 3 is 1.92 bits per heavy atom. The van der Waals surface area contributed by atoms with Crippen LogP contribution >= 0.6 is 0 Å². The van der Waals surface area contributed by atoms with Gasteiger partial charge in [0.15, 0.2) is 0 Å². The maximum Gasteiger partial charge on any atom is 0.329 e. The normalized spacial score (nSPS) is 25.9. The van der Waals surface area contributed by atoms with Crippen LogP contribution in [-0.2, 0) is 39.9 Å². The van der Waals surface area contributed by atoms with Crippen LogP contribution in [0.15, 0.2) is 24.3 Å². The van der Waals surface area contributed by atoms with Crippen molar-refractivity contribution in [1.82, 2.24) is 26.6 Å². The minimum atomic E-state index is -1.63. The maximum atomic E-state index is 13.9. The van der Waals surface area contributed by atoms with Crippen molar-refractivity contribution in [2.24, 2.45) is 11.8 Å². The third-order valence-electron chi connectivity index (χ3n) is 8.84. The molecule has 1 heterocycles. The van der Waals surface area contributed by atoms with Crippen LogP contribution in [0.5, 0.6) is 5.75 Å². The molecular weight excluding hydrogens is 662 g/mol. The smallest absolute Gasteiger partial charge is 0.329 e. The maximum absolute atomic E-state index is 13.9. The summed E-state index contributed by atoms with van der Waals surface area (Å²) in [5.41, 5.74) is 0.535. The molecule has 286 valence electrons. The van der Waals surface area contributed by atoms with Crippen molar-refractivity contribution in [3.05, 3.63) is 29.8 Å². The number of hydrogen-bond acceptors (Lipinski definition) is 10. The molecule has 0 saturated carbocycles. The molecule has 1 saturated heterocycles. The lowest BCUT2D eigenvalue weighted by molar-refractivity contribution is -0.156. The van der Waals surface area contributed by atoms with Crippen molar-refractivity contribution in [3.63, 3.8) is 0 Å². The number of hydrogen-bond donors (Lipinski definition) is 8. The first kappa shape index (κ1) is 42.9. The zero-order valence-corrected chi connectivity index (χ0v) is 30.6. The Morgan fingerprint density at radius 2 is 1.35 bits per heavy atom. The van der Waals surface area contributed by atoms with Crippen LogP contribution in [0.3, 0.4) is 0 Å². The number of rotatable bonds is 12. The number of phenolic OH excluding ortho intramolecular Hbond substituents is 1. The molecule has 8 atom stereocenters. The second kappa shape index (κ2) is 21.2. The molecule has 15 heteroatoms. The fourth-order valence-electron chi connectivity index (χ4n) is 5.61. The molecule has 1 fully saturated rings. The van der Waals surface area contributed by atoms with Gasteiger partial charge in [0.05, 0.1) is 19.1 Å². The highest BCUT2D eigenvalue weighted by atomic mass is 16.5. The summed E-state index contributed by atoms with van der Waals surface area (Å²) in [5, 5.41) is 43.1. The monoisotopic (exact) mass is 719 g/mol.